The fourth-order valence-corrected chi connectivity index (χ4v) is 2.39. The first-order valence-corrected chi connectivity index (χ1v) is 6.07. The summed E-state index contributed by atoms with van der Waals surface area (Å²) in [4.78, 5) is 35.1. The normalized spacial score (nSPS) is 24.4. The van der Waals surface area contributed by atoms with E-state index in [-0.39, 0.29) is 34.9 Å². The number of fused-ring (bicyclic) bond motifs is 1. The van der Waals surface area contributed by atoms with E-state index in [0.29, 0.717) is 6.42 Å². The number of imide groups is 1. The highest BCUT2D eigenvalue weighted by atomic mass is 19.1. The van der Waals surface area contributed by atoms with Crippen molar-refractivity contribution in [2.24, 2.45) is 11.8 Å². The molecule has 2 unspecified atom stereocenters. The van der Waals surface area contributed by atoms with Gasteiger partial charge in [0.2, 0.25) is 11.8 Å². The smallest absolute Gasteiger partial charge is 0.328 e. The Bertz CT molecular complexity index is 647. The molecule has 2 atom stereocenters. The summed E-state index contributed by atoms with van der Waals surface area (Å²) in [6, 6.07) is 3.85. The Labute approximate surface area is 113 Å². The minimum absolute atomic E-state index is 0.0837. The number of piperidine rings is 1. The molecule has 2 amide bonds. The van der Waals surface area contributed by atoms with Crippen LogP contribution >= 0.6 is 0 Å². The number of carbonyl (C=O) groups is 3. The van der Waals surface area contributed by atoms with E-state index >= 15 is 0 Å². The van der Waals surface area contributed by atoms with Crippen LogP contribution in [-0.2, 0) is 14.4 Å². The van der Waals surface area contributed by atoms with Crippen LogP contribution in [0.4, 0.5) is 10.1 Å². The number of hydrogen-bond acceptors (Lipinski definition) is 3. The largest absolute Gasteiger partial charge is 0.478 e. The number of carboxylic acid groups (broad SMARTS) is 1. The molecule has 1 aromatic carbocycles. The van der Waals surface area contributed by atoms with Crippen LogP contribution in [0, 0.1) is 17.7 Å². The molecule has 2 aliphatic rings. The predicted octanol–water partition coefficient (Wildman–Crippen LogP) is 1.43. The van der Waals surface area contributed by atoms with Crippen molar-refractivity contribution < 1.29 is 23.9 Å². The monoisotopic (exact) mass is 275 g/mol. The van der Waals surface area contributed by atoms with Gasteiger partial charge in [-0.25, -0.2) is 14.1 Å². The molecule has 0 bridgehead atoms. The predicted molar refractivity (Wildman–Crippen MR) is 67.2 cm³/mol. The third-order valence-electron chi connectivity index (χ3n) is 3.51. The Hall–Kier alpha value is -2.50. The molecule has 6 heteroatoms. The van der Waals surface area contributed by atoms with Crippen LogP contribution in [0.5, 0.6) is 0 Å². The van der Waals surface area contributed by atoms with Crippen LogP contribution in [-0.4, -0.2) is 22.9 Å². The van der Waals surface area contributed by atoms with Gasteiger partial charge >= 0.3 is 5.97 Å². The van der Waals surface area contributed by atoms with Gasteiger partial charge in [0, 0.05) is 11.6 Å². The molecule has 5 nitrogen and oxygen atoms in total. The summed E-state index contributed by atoms with van der Waals surface area (Å²) in [5.74, 6) is -2.91. The number of benzene rings is 1. The number of nitrogens with zero attached hydrogens (tertiary/aromatic N) is 1. The highest BCUT2D eigenvalue weighted by Crippen LogP contribution is 2.48. The standard InChI is InChI=1S/C14H10FNO4/c15-11-5-8(3-1-7(11)2-4-12(17)18)16-13(19)9-6-10(9)14(16)20/h1-5,9-10H,6H2,(H,17,18). The van der Waals surface area contributed by atoms with Crippen molar-refractivity contribution in [3.63, 3.8) is 0 Å². The Morgan fingerprint density at radius 3 is 2.50 bits per heavy atom. The summed E-state index contributed by atoms with van der Waals surface area (Å²) >= 11 is 0. The summed E-state index contributed by atoms with van der Waals surface area (Å²) in [6.07, 6.45) is 2.53. The maximum atomic E-state index is 13.8. The van der Waals surface area contributed by atoms with E-state index in [9.17, 15) is 18.8 Å². The lowest BCUT2D eigenvalue weighted by Crippen LogP contribution is -2.32. The van der Waals surface area contributed by atoms with Crippen molar-refractivity contribution in [2.45, 2.75) is 6.42 Å². The fourth-order valence-electron chi connectivity index (χ4n) is 2.39. The Balaban J connectivity index is 1.89. The van der Waals surface area contributed by atoms with Gasteiger partial charge < -0.3 is 5.11 Å². The molecule has 2 fully saturated rings. The van der Waals surface area contributed by atoms with Crippen molar-refractivity contribution in [1.82, 2.24) is 0 Å². The number of hydrogen-bond donors (Lipinski definition) is 1. The van der Waals surface area contributed by atoms with Gasteiger partial charge in [0.25, 0.3) is 0 Å². The zero-order valence-electron chi connectivity index (χ0n) is 10.2. The second kappa shape index (κ2) is 4.26. The van der Waals surface area contributed by atoms with Crippen LogP contribution < -0.4 is 4.90 Å². The van der Waals surface area contributed by atoms with Crippen molar-refractivity contribution in [3.8, 4) is 0 Å². The molecule has 0 aromatic heterocycles. The molecular formula is C14H10FNO4. The Morgan fingerprint density at radius 1 is 1.30 bits per heavy atom. The second-order valence-corrected chi connectivity index (χ2v) is 4.84. The molecule has 1 saturated heterocycles. The first kappa shape index (κ1) is 12.5. The third kappa shape index (κ3) is 1.89. The quantitative estimate of drug-likeness (QED) is 0.669. The zero-order valence-corrected chi connectivity index (χ0v) is 10.2. The number of halogens is 1. The lowest BCUT2D eigenvalue weighted by atomic mass is 10.1. The molecule has 102 valence electrons. The molecule has 0 radical (unpaired) electrons. The van der Waals surface area contributed by atoms with E-state index in [1.165, 1.54) is 12.1 Å². The van der Waals surface area contributed by atoms with Crippen LogP contribution in [0.25, 0.3) is 6.08 Å². The van der Waals surface area contributed by atoms with Crippen LogP contribution in [0.3, 0.4) is 0 Å². The van der Waals surface area contributed by atoms with E-state index in [1.807, 2.05) is 0 Å². The molecule has 1 N–H and O–H groups in total. The summed E-state index contributed by atoms with van der Waals surface area (Å²) < 4.78 is 13.8. The average molecular weight is 275 g/mol. The minimum Gasteiger partial charge on any atom is -0.478 e. The van der Waals surface area contributed by atoms with Gasteiger partial charge in [0.05, 0.1) is 17.5 Å². The van der Waals surface area contributed by atoms with Gasteiger partial charge in [-0.3, -0.25) is 9.59 Å². The summed E-state index contributed by atoms with van der Waals surface area (Å²) in [5, 5.41) is 8.49. The topological polar surface area (TPSA) is 74.7 Å². The summed E-state index contributed by atoms with van der Waals surface area (Å²) in [5.41, 5.74) is 0.276. The van der Waals surface area contributed by atoms with Gasteiger partial charge in [0.15, 0.2) is 0 Å². The average Bonchev–Trinajstić information content (AvgIpc) is 3.13. The number of anilines is 1. The lowest BCUT2D eigenvalue weighted by Gasteiger charge is -2.16. The van der Waals surface area contributed by atoms with Crippen molar-refractivity contribution in [3.05, 3.63) is 35.7 Å². The first-order chi connectivity index (χ1) is 9.49. The molecule has 1 aliphatic heterocycles. The minimum atomic E-state index is -1.18. The first-order valence-electron chi connectivity index (χ1n) is 6.07. The number of carboxylic acids is 1. The second-order valence-electron chi connectivity index (χ2n) is 4.84. The lowest BCUT2D eigenvalue weighted by molar-refractivity contribution is -0.131. The van der Waals surface area contributed by atoms with Crippen molar-refractivity contribution in [2.75, 3.05) is 4.90 Å². The molecule has 1 heterocycles. The maximum absolute atomic E-state index is 13.8. The number of carbonyl (C=O) groups excluding carboxylic acids is 2. The molecule has 20 heavy (non-hydrogen) atoms. The fraction of sp³-hybridized carbons (Fsp3) is 0.214. The van der Waals surface area contributed by atoms with E-state index in [2.05, 4.69) is 0 Å². The van der Waals surface area contributed by atoms with Gasteiger partial charge in [-0.15, -0.1) is 0 Å². The van der Waals surface area contributed by atoms with Gasteiger partial charge in [-0.2, -0.15) is 0 Å². The maximum Gasteiger partial charge on any atom is 0.328 e. The van der Waals surface area contributed by atoms with E-state index in [4.69, 9.17) is 5.11 Å². The number of rotatable bonds is 3. The van der Waals surface area contributed by atoms with Crippen LogP contribution in [0.15, 0.2) is 24.3 Å². The van der Waals surface area contributed by atoms with Gasteiger partial charge in [0.1, 0.15) is 5.82 Å². The van der Waals surface area contributed by atoms with Crippen LogP contribution in [0.1, 0.15) is 12.0 Å². The Morgan fingerprint density at radius 2 is 1.95 bits per heavy atom. The number of amides is 2. The zero-order chi connectivity index (χ0) is 14.4. The van der Waals surface area contributed by atoms with Gasteiger partial charge in [-0.05, 0) is 30.7 Å². The molecular weight excluding hydrogens is 265 g/mol. The molecule has 1 saturated carbocycles. The van der Waals surface area contributed by atoms with Crippen LogP contribution in [0.2, 0.25) is 0 Å². The SMILES string of the molecule is O=C(O)C=Cc1ccc(N2C(=O)C3CC3C2=O)cc1F. The van der Waals surface area contributed by atoms with Crippen molar-refractivity contribution in [1.29, 1.82) is 0 Å². The van der Waals surface area contributed by atoms with E-state index < -0.39 is 11.8 Å². The molecule has 0 spiro atoms. The third-order valence-corrected chi connectivity index (χ3v) is 3.51. The van der Waals surface area contributed by atoms with Gasteiger partial charge in [-0.1, -0.05) is 0 Å². The highest BCUT2D eigenvalue weighted by molar-refractivity contribution is 6.24. The molecule has 3 rings (SSSR count). The highest BCUT2D eigenvalue weighted by Gasteiger charge is 2.59. The molecule has 1 aromatic rings. The number of aliphatic carboxylic acids is 1. The summed E-state index contributed by atoms with van der Waals surface area (Å²) in [6.45, 7) is 0. The molecule has 1 aliphatic carbocycles. The summed E-state index contributed by atoms with van der Waals surface area (Å²) in [7, 11) is 0. The van der Waals surface area contributed by atoms with Crippen molar-refractivity contribution >= 4 is 29.5 Å². The van der Waals surface area contributed by atoms with E-state index in [0.717, 1.165) is 23.1 Å². The van der Waals surface area contributed by atoms with E-state index in [1.54, 1.807) is 0 Å². The Kier molecular flexibility index (Phi) is 2.67.